The van der Waals surface area contributed by atoms with E-state index in [0.29, 0.717) is 24.7 Å². The molecule has 17 heavy (non-hydrogen) atoms. The van der Waals surface area contributed by atoms with Gasteiger partial charge in [0.05, 0.1) is 17.9 Å². The molecular formula is C11H15N3O3. The summed E-state index contributed by atoms with van der Waals surface area (Å²) in [7, 11) is 0. The van der Waals surface area contributed by atoms with Crippen LogP contribution < -0.4 is 4.90 Å². The molecule has 0 spiro atoms. The number of aromatic carboxylic acids is 1. The SMILES string of the molecule is C=CCN(CCO)c1ncc(C(=O)O)c(C)n1. The second-order valence-electron chi connectivity index (χ2n) is 3.43. The van der Waals surface area contributed by atoms with Crippen molar-refractivity contribution in [1.82, 2.24) is 9.97 Å². The molecule has 0 unspecified atom stereocenters. The van der Waals surface area contributed by atoms with Crippen LogP contribution >= 0.6 is 0 Å². The van der Waals surface area contributed by atoms with Crippen molar-refractivity contribution >= 4 is 11.9 Å². The Labute approximate surface area is 99.2 Å². The molecule has 0 radical (unpaired) electrons. The maximum atomic E-state index is 10.8. The van der Waals surface area contributed by atoms with Crippen LogP contribution in [0.15, 0.2) is 18.9 Å². The molecule has 0 aliphatic carbocycles. The lowest BCUT2D eigenvalue weighted by Gasteiger charge is -2.20. The van der Waals surface area contributed by atoms with Crippen molar-refractivity contribution < 1.29 is 15.0 Å². The molecule has 0 fully saturated rings. The molecule has 1 heterocycles. The maximum absolute atomic E-state index is 10.8. The van der Waals surface area contributed by atoms with E-state index in [-0.39, 0.29) is 12.2 Å². The van der Waals surface area contributed by atoms with Crippen LogP contribution in [0.4, 0.5) is 5.95 Å². The average molecular weight is 237 g/mol. The number of aromatic nitrogens is 2. The first kappa shape index (κ1) is 13.1. The van der Waals surface area contributed by atoms with E-state index in [1.807, 2.05) is 0 Å². The van der Waals surface area contributed by atoms with E-state index in [2.05, 4.69) is 16.5 Å². The Kier molecular flexibility index (Phi) is 4.59. The first-order valence-electron chi connectivity index (χ1n) is 5.13. The fraction of sp³-hybridized carbons (Fsp3) is 0.364. The molecule has 0 aromatic carbocycles. The van der Waals surface area contributed by atoms with Crippen molar-refractivity contribution in [2.24, 2.45) is 0 Å². The zero-order valence-corrected chi connectivity index (χ0v) is 9.63. The second-order valence-corrected chi connectivity index (χ2v) is 3.43. The van der Waals surface area contributed by atoms with Gasteiger partial charge in [-0.05, 0) is 6.92 Å². The molecule has 0 aliphatic rings. The summed E-state index contributed by atoms with van der Waals surface area (Å²) in [5.41, 5.74) is 0.478. The van der Waals surface area contributed by atoms with E-state index in [1.54, 1.807) is 17.9 Å². The lowest BCUT2D eigenvalue weighted by Crippen LogP contribution is -2.29. The number of aliphatic hydroxyl groups excluding tert-OH is 1. The van der Waals surface area contributed by atoms with Gasteiger partial charge in [-0.2, -0.15) is 0 Å². The molecular weight excluding hydrogens is 222 g/mol. The Morgan fingerprint density at radius 1 is 1.65 bits per heavy atom. The summed E-state index contributed by atoms with van der Waals surface area (Å²) < 4.78 is 0. The van der Waals surface area contributed by atoms with Crippen LogP contribution in [-0.2, 0) is 0 Å². The fourth-order valence-electron chi connectivity index (χ4n) is 1.37. The maximum Gasteiger partial charge on any atom is 0.339 e. The summed E-state index contributed by atoms with van der Waals surface area (Å²) in [5, 5.41) is 17.8. The molecule has 1 aromatic heterocycles. The average Bonchev–Trinajstić information content (AvgIpc) is 2.28. The summed E-state index contributed by atoms with van der Waals surface area (Å²) in [5.74, 6) is -0.659. The minimum absolute atomic E-state index is 0.0308. The number of nitrogens with zero attached hydrogens (tertiary/aromatic N) is 3. The molecule has 2 N–H and O–H groups in total. The van der Waals surface area contributed by atoms with Crippen LogP contribution in [0, 0.1) is 6.92 Å². The highest BCUT2D eigenvalue weighted by Crippen LogP contribution is 2.11. The quantitative estimate of drug-likeness (QED) is 0.699. The van der Waals surface area contributed by atoms with Crippen molar-refractivity contribution in [3.05, 3.63) is 30.1 Å². The van der Waals surface area contributed by atoms with Crippen LogP contribution in [0.25, 0.3) is 0 Å². The summed E-state index contributed by atoms with van der Waals surface area (Å²) >= 11 is 0. The topological polar surface area (TPSA) is 86.5 Å². The third kappa shape index (κ3) is 3.25. The van der Waals surface area contributed by atoms with Gasteiger partial charge >= 0.3 is 5.97 Å². The van der Waals surface area contributed by atoms with Crippen molar-refractivity contribution in [2.45, 2.75) is 6.92 Å². The smallest absolute Gasteiger partial charge is 0.339 e. The van der Waals surface area contributed by atoms with Gasteiger partial charge in [0.15, 0.2) is 0 Å². The zero-order chi connectivity index (χ0) is 12.8. The Morgan fingerprint density at radius 3 is 2.82 bits per heavy atom. The van der Waals surface area contributed by atoms with E-state index in [0.717, 1.165) is 0 Å². The van der Waals surface area contributed by atoms with Crippen LogP contribution in [0.2, 0.25) is 0 Å². The number of carboxylic acids is 1. The largest absolute Gasteiger partial charge is 0.478 e. The van der Waals surface area contributed by atoms with Gasteiger partial charge in [0.2, 0.25) is 5.95 Å². The Balaban J connectivity index is 3.01. The molecule has 0 amide bonds. The van der Waals surface area contributed by atoms with Crippen LogP contribution in [0.5, 0.6) is 0 Å². The standard InChI is InChI=1S/C11H15N3O3/c1-3-4-14(5-6-15)11-12-7-9(10(16)17)8(2)13-11/h3,7,15H,1,4-6H2,2H3,(H,16,17). The summed E-state index contributed by atoms with van der Waals surface area (Å²) in [4.78, 5) is 20.6. The molecule has 0 atom stereocenters. The fourth-order valence-corrected chi connectivity index (χ4v) is 1.37. The van der Waals surface area contributed by atoms with Gasteiger partial charge in [0.25, 0.3) is 0 Å². The molecule has 6 heteroatoms. The molecule has 1 aromatic rings. The highest BCUT2D eigenvalue weighted by molar-refractivity contribution is 5.88. The van der Waals surface area contributed by atoms with Crippen molar-refractivity contribution in [3.63, 3.8) is 0 Å². The Morgan fingerprint density at radius 2 is 2.35 bits per heavy atom. The van der Waals surface area contributed by atoms with Crippen LogP contribution in [0.1, 0.15) is 16.1 Å². The minimum atomic E-state index is -1.05. The number of anilines is 1. The third-order valence-corrected chi connectivity index (χ3v) is 2.20. The van der Waals surface area contributed by atoms with Gasteiger partial charge in [-0.1, -0.05) is 6.08 Å². The number of rotatable bonds is 6. The summed E-state index contributed by atoms with van der Waals surface area (Å²) in [6, 6.07) is 0. The Bertz CT molecular complexity index is 420. The lowest BCUT2D eigenvalue weighted by atomic mass is 10.2. The third-order valence-electron chi connectivity index (χ3n) is 2.20. The number of aryl methyl sites for hydroxylation is 1. The Hall–Kier alpha value is -1.95. The van der Waals surface area contributed by atoms with Gasteiger partial charge in [0, 0.05) is 19.3 Å². The highest BCUT2D eigenvalue weighted by atomic mass is 16.4. The van der Waals surface area contributed by atoms with Gasteiger partial charge in [-0.15, -0.1) is 6.58 Å². The van der Waals surface area contributed by atoms with E-state index in [4.69, 9.17) is 10.2 Å². The van der Waals surface area contributed by atoms with Crippen LogP contribution in [-0.4, -0.2) is 45.8 Å². The molecule has 0 saturated carbocycles. The van der Waals surface area contributed by atoms with Gasteiger partial charge < -0.3 is 15.1 Å². The molecule has 0 bridgehead atoms. The number of hydrogen-bond acceptors (Lipinski definition) is 5. The first-order chi connectivity index (χ1) is 8.10. The summed E-state index contributed by atoms with van der Waals surface area (Å²) in [6.45, 7) is 6.05. The van der Waals surface area contributed by atoms with Crippen molar-refractivity contribution in [1.29, 1.82) is 0 Å². The van der Waals surface area contributed by atoms with Gasteiger partial charge in [0.1, 0.15) is 0 Å². The monoisotopic (exact) mass is 237 g/mol. The molecule has 1 rings (SSSR count). The number of aliphatic hydroxyl groups is 1. The van der Waals surface area contributed by atoms with Gasteiger partial charge in [-0.25, -0.2) is 14.8 Å². The summed E-state index contributed by atoms with van der Waals surface area (Å²) in [6.07, 6.45) is 2.94. The predicted octanol–water partition coefficient (Wildman–Crippen LogP) is 0.468. The minimum Gasteiger partial charge on any atom is -0.478 e. The predicted molar refractivity (Wildman–Crippen MR) is 63.2 cm³/mol. The number of carbonyl (C=O) groups is 1. The highest BCUT2D eigenvalue weighted by Gasteiger charge is 2.13. The van der Waals surface area contributed by atoms with Gasteiger partial charge in [-0.3, -0.25) is 0 Å². The molecule has 6 nitrogen and oxygen atoms in total. The van der Waals surface area contributed by atoms with E-state index >= 15 is 0 Å². The van der Waals surface area contributed by atoms with Crippen molar-refractivity contribution in [2.75, 3.05) is 24.6 Å². The lowest BCUT2D eigenvalue weighted by molar-refractivity contribution is 0.0695. The van der Waals surface area contributed by atoms with E-state index in [9.17, 15) is 4.79 Å². The first-order valence-corrected chi connectivity index (χ1v) is 5.13. The molecule has 0 aliphatic heterocycles. The van der Waals surface area contributed by atoms with Crippen LogP contribution in [0.3, 0.4) is 0 Å². The zero-order valence-electron chi connectivity index (χ0n) is 9.63. The number of hydrogen-bond donors (Lipinski definition) is 2. The van der Waals surface area contributed by atoms with E-state index < -0.39 is 5.97 Å². The molecule has 92 valence electrons. The molecule has 0 saturated heterocycles. The van der Waals surface area contributed by atoms with Crippen molar-refractivity contribution in [3.8, 4) is 0 Å². The van der Waals surface area contributed by atoms with E-state index in [1.165, 1.54) is 6.20 Å². The second kappa shape index (κ2) is 5.95. The number of carboxylic acid groups (broad SMARTS) is 1. The normalized spacial score (nSPS) is 10.0.